The number of aryl methyl sites for hydroxylation is 1. The number of aromatic amines is 1. The Labute approximate surface area is 98.4 Å². The van der Waals surface area contributed by atoms with Crippen molar-refractivity contribution >= 4 is 34.4 Å². The second-order valence-corrected chi connectivity index (χ2v) is 4.92. The maximum atomic E-state index is 5.62. The zero-order chi connectivity index (χ0) is 10.7. The van der Waals surface area contributed by atoms with Gasteiger partial charge >= 0.3 is 0 Å². The van der Waals surface area contributed by atoms with Crippen LogP contribution in [0.3, 0.4) is 0 Å². The smallest absolute Gasteiger partial charge is 0.166 e. The quantitative estimate of drug-likeness (QED) is 0.503. The Kier molecular flexibility index (Phi) is 3.54. The first-order valence-corrected chi connectivity index (χ1v) is 6.47. The van der Waals surface area contributed by atoms with Crippen molar-refractivity contribution in [3.8, 4) is 0 Å². The van der Waals surface area contributed by atoms with Crippen LogP contribution in [-0.2, 0) is 0 Å². The number of halogens is 1. The van der Waals surface area contributed by atoms with Crippen molar-refractivity contribution in [1.29, 1.82) is 0 Å². The van der Waals surface area contributed by atoms with Gasteiger partial charge in [0, 0.05) is 11.6 Å². The average Bonchev–Trinajstić information content (AvgIpc) is 2.60. The second-order valence-electron chi connectivity index (χ2n) is 3.45. The van der Waals surface area contributed by atoms with Crippen LogP contribution in [0, 0.1) is 6.92 Å². The Morgan fingerprint density at radius 1 is 1.47 bits per heavy atom. The lowest BCUT2D eigenvalue weighted by molar-refractivity contribution is 1.06. The summed E-state index contributed by atoms with van der Waals surface area (Å²) in [6.07, 6.45) is 1.02. The Hall–Kier alpha value is -0.670. The number of H-pyrrole nitrogens is 1. The van der Waals surface area contributed by atoms with E-state index in [0.717, 1.165) is 28.4 Å². The normalized spacial score (nSPS) is 11.1. The van der Waals surface area contributed by atoms with E-state index >= 15 is 0 Å². The van der Waals surface area contributed by atoms with E-state index in [0.29, 0.717) is 5.88 Å². The number of hydrogen-bond acceptors (Lipinski definition) is 2. The number of alkyl halides is 1. The molecule has 4 heteroatoms. The van der Waals surface area contributed by atoms with Crippen molar-refractivity contribution in [2.75, 3.05) is 11.6 Å². The van der Waals surface area contributed by atoms with Crippen LogP contribution in [0.4, 0.5) is 0 Å². The van der Waals surface area contributed by atoms with Gasteiger partial charge in [-0.25, -0.2) is 4.98 Å². The number of thioether (sulfide) groups is 1. The summed E-state index contributed by atoms with van der Waals surface area (Å²) in [6, 6.07) is 6.25. The zero-order valence-electron chi connectivity index (χ0n) is 8.59. The lowest BCUT2D eigenvalue weighted by Crippen LogP contribution is -1.81. The third kappa shape index (κ3) is 2.67. The molecule has 0 aliphatic rings. The number of benzene rings is 1. The van der Waals surface area contributed by atoms with Gasteiger partial charge in [0.05, 0.1) is 11.0 Å². The summed E-state index contributed by atoms with van der Waals surface area (Å²) >= 11 is 7.35. The maximum Gasteiger partial charge on any atom is 0.166 e. The number of fused-ring (bicyclic) bond motifs is 1. The summed E-state index contributed by atoms with van der Waals surface area (Å²) in [5, 5.41) is 0.987. The molecule has 2 rings (SSSR count). The highest BCUT2D eigenvalue weighted by Gasteiger charge is 2.02. The van der Waals surface area contributed by atoms with E-state index in [4.69, 9.17) is 11.6 Å². The standard InChI is InChI=1S/C11H13ClN2S/c1-8-3-4-9-10(7-8)14-11(13-9)15-6-2-5-12/h3-4,7H,2,5-6H2,1H3,(H,13,14). The molecule has 15 heavy (non-hydrogen) atoms. The lowest BCUT2D eigenvalue weighted by Gasteiger charge is -1.92. The van der Waals surface area contributed by atoms with Crippen LogP contribution < -0.4 is 0 Å². The van der Waals surface area contributed by atoms with Gasteiger partial charge in [0.15, 0.2) is 5.16 Å². The Morgan fingerprint density at radius 3 is 3.13 bits per heavy atom. The van der Waals surface area contributed by atoms with Crippen LogP contribution in [0.1, 0.15) is 12.0 Å². The third-order valence-electron chi connectivity index (χ3n) is 2.13. The molecule has 1 aromatic heterocycles. The van der Waals surface area contributed by atoms with Crippen molar-refractivity contribution in [2.24, 2.45) is 0 Å². The number of nitrogens with zero attached hydrogens (tertiary/aromatic N) is 1. The van der Waals surface area contributed by atoms with Gasteiger partial charge in [0.2, 0.25) is 0 Å². The van der Waals surface area contributed by atoms with E-state index in [2.05, 4.69) is 29.0 Å². The summed E-state index contributed by atoms with van der Waals surface area (Å²) in [4.78, 5) is 7.79. The molecule has 0 fully saturated rings. The zero-order valence-corrected chi connectivity index (χ0v) is 10.2. The fourth-order valence-corrected chi connectivity index (χ4v) is 2.51. The van der Waals surface area contributed by atoms with Gasteiger partial charge < -0.3 is 4.98 Å². The first-order chi connectivity index (χ1) is 7.29. The molecule has 0 bridgehead atoms. The predicted molar refractivity (Wildman–Crippen MR) is 66.9 cm³/mol. The fraction of sp³-hybridized carbons (Fsp3) is 0.364. The molecule has 2 aromatic rings. The van der Waals surface area contributed by atoms with Crippen LogP contribution in [0.15, 0.2) is 23.4 Å². The fourth-order valence-electron chi connectivity index (χ4n) is 1.39. The molecule has 0 radical (unpaired) electrons. The van der Waals surface area contributed by atoms with Crippen LogP contribution in [0.25, 0.3) is 11.0 Å². The highest BCUT2D eigenvalue weighted by atomic mass is 35.5. The van der Waals surface area contributed by atoms with Crippen molar-refractivity contribution in [3.63, 3.8) is 0 Å². The van der Waals surface area contributed by atoms with Crippen molar-refractivity contribution in [1.82, 2.24) is 9.97 Å². The molecule has 0 saturated heterocycles. The highest BCUT2D eigenvalue weighted by molar-refractivity contribution is 7.99. The van der Waals surface area contributed by atoms with Gasteiger partial charge in [-0.1, -0.05) is 17.8 Å². The largest absolute Gasteiger partial charge is 0.333 e. The minimum Gasteiger partial charge on any atom is -0.333 e. The molecule has 80 valence electrons. The van der Waals surface area contributed by atoms with Gasteiger partial charge in [0.25, 0.3) is 0 Å². The summed E-state index contributed by atoms with van der Waals surface area (Å²) < 4.78 is 0. The van der Waals surface area contributed by atoms with Gasteiger partial charge in [-0.3, -0.25) is 0 Å². The Balaban J connectivity index is 2.16. The molecule has 0 saturated carbocycles. The molecule has 1 aromatic carbocycles. The van der Waals surface area contributed by atoms with Gasteiger partial charge in [-0.15, -0.1) is 11.6 Å². The van der Waals surface area contributed by atoms with Gasteiger partial charge in [-0.05, 0) is 31.0 Å². The molecule has 2 nitrogen and oxygen atoms in total. The molecular formula is C11H13ClN2S. The van der Waals surface area contributed by atoms with E-state index in [9.17, 15) is 0 Å². The molecule has 0 aliphatic heterocycles. The first kappa shape index (κ1) is 10.8. The molecule has 0 spiro atoms. The number of imidazole rings is 1. The van der Waals surface area contributed by atoms with Crippen LogP contribution >= 0.6 is 23.4 Å². The number of aromatic nitrogens is 2. The summed E-state index contributed by atoms with van der Waals surface area (Å²) in [7, 11) is 0. The molecule has 1 N–H and O–H groups in total. The van der Waals surface area contributed by atoms with Crippen molar-refractivity contribution in [3.05, 3.63) is 23.8 Å². The average molecular weight is 241 g/mol. The number of rotatable bonds is 4. The van der Waals surface area contributed by atoms with Gasteiger partial charge in [-0.2, -0.15) is 0 Å². The van der Waals surface area contributed by atoms with Crippen LogP contribution in [0.2, 0.25) is 0 Å². The van der Waals surface area contributed by atoms with Crippen molar-refractivity contribution < 1.29 is 0 Å². The first-order valence-electron chi connectivity index (χ1n) is 4.95. The van der Waals surface area contributed by atoms with E-state index < -0.39 is 0 Å². The number of nitrogens with one attached hydrogen (secondary N) is 1. The summed E-state index contributed by atoms with van der Waals surface area (Å²) in [6.45, 7) is 2.08. The molecular weight excluding hydrogens is 228 g/mol. The minimum absolute atomic E-state index is 0.715. The van der Waals surface area contributed by atoms with Crippen LogP contribution in [-0.4, -0.2) is 21.6 Å². The number of hydrogen-bond donors (Lipinski definition) is 1. The second kappa shape index (κ2) is 4.90. The minimum atomic E-state index is 0.715. The van der Waals surface area contributed by atoms with Crippen molar-refractivity contribution in [2.45, 2.75) is 18.5 Å². The summed E-state index contributed by atoms with van der Waals surface area (Å²) in [5.41, 5.74) is 3.40. The van der Waals surface area contributed by atoms with Crippen LogP contribution in [0.5, 0.6) is 0 Å². The monoisotopic (exact) mass is 240 g/mol. The third-order valence-corrected chi connectivity index (χ3v) is 3.36. The SMILES string of the molecule is Cc1ccc2nc(SCCCCl)[nH]c2c1. The molecule has 0 amide bonds. The highest BCUT2D eigenvalue weighted by Crippen LogP contribution is 2.20. The van der Waals surface area contributed by atoms with E-state index in [1.165, 1.54) is 5.56 Å². The maximum absolute atomic E-state index is 5.62. The lowest BCUT2D eigenvalue weighted by atomic mass is 10.2. The molecule has 0 atom stereocenters. The topological polar surface area (TPSA) is 28.7 Å². The predicted octanol–water partition coefficient (Wildman–Crippen LogP) is 3.59. The van der Waals surface area contributed by atoms with Gasteiger partial charge in [0.1, 0.15) is 0 Å². The Bertz CT molecular complexity index is 453. The summed E-state index contributed by atoms with van der Waals surface area (Å²) in [5.74, 6) is 1.73. The molecule has 0 aliphatic carbocycles. The van der Waals surface area contributed by atoms with E-state index in [1.54, 1.807) is 11.8 Å². The van der Waals surface area contributed by atoms with E-state index in [1.807, 2.05) is 6.07 Å². The Morgan fingerprint density at radius 2 is 2.33 bits per heavy atom. The molecule has 1 heterocycles. The molecule has 0 unspecified atom stereocenters. The van der Waals surface area contributed by atoms with E-state index in [-0.39, 0.29) is 0 Å².